The summed E-state index contributed by atoms with van der Waals surface area (Å²) in [7, 11) is 0. The molecule has 18 heavy (non-hydrogen) atoms. The van der Waals surface area contributed by atoms with Crippen molar-refractivity contribution in [3.8, 4) is 5.75 Å². The Balaban J connectivity index is 2.42. The first-order valence-electron chi connectivity index (χ1n) is 5.65. The summed E-state index contributed by atoms with van der Waals surface area (Å²) in [6.07, 6.45) is 0. The van der Waals surface area contributed by atoms with Gasteiger partial charge in [0.2, 0.25) is 5.78 Å². The van der Waals surface area contributed by atoms with Crippen LogP contribution >= 0.6 is 15.9 Å². The summed E-state index contributed by atoms with van der Waals surface area (Å²) < 4.78 is 11.3. The van der Waals surface area contributed by atoms with E-state index in [0.29, 0.717) is 28.3 Å². The molecule has 0 aliphatic rings. The number of hydrogen-bond donors (Lipinski definition) is 0. The van der Waals surface area contributed by atoms with Gasteiger partial charge >= 0.3 is 0 Å². The Bertz CT molecular complexity index is 572. The molecule has 0 saturated carbocycles. The summed E-state index contributed by atoms with van der Waals surface area (Å²) in [5, 5.41) is 0. The first kappa shape index (κ1) is 12.9. The fourth-order valence-electron chi connectivity index (χ4n) is 1.67. The number of rotatable bonds is 4. The van der Waals surface area contributed by atoms with Crippen molar-refractivity contribution in [1.29, 1.82) is 0 Å². The molecule has 3 nitrogen and oxygen atoms in total. The van der Waals surface area contributed by atoms with Gasteiger partial charge in [-0.3, -0.25) is 4.79 Å². The van der Waals surface area contributed by atoms with E-state index in [2.05, 4.69) is 15.9 Å². The van der Waals surface area contributed by atoms with Crippen LogP contribution in [-0.2, 0) is 0 Å². The Morgan fingerprint density at radius 1 is 1.33 bits per heavy atom. The van der Waals surface area contributed by atoms with Gasteiger partial charge in [-0.05, 0) is 54.0 Å². The van der Waals surface area contributed by atoms with Crippen molar-refractivity contribution in [3.63, 3.8) is 0 Å². The van der Waals surface area contributed by atoms with Crippen LogP contribution in [0.1, 0.15) is 28.6 Å². The largest absolute Gasteiger partial charge is 0.493 e. The molecule has 1 aromatic heterocycles. The molecule has 0 radical (unpaired) electrons. The van der Waals surface area contributed by atoms with Crippen molar-refractivity contribution in [2.75, 3.05) is 6.61 Å². The van der Waals surface area contributed by atoms with Crippen molar-refractivity contribution < 1.29 is 13.9 Å². The van der Waals surface area contributed by atoms with E-state index in [1.165, 1.54) is 0 Å². The van der Waals surface area contributed by atoms with Crippen LogP contribution < -0.4 is 4.74 Å². The number of halogens is 1. The van der Waals surface area contributed by atoms with Gasteiger partial charge < -0.3 is 9.15 Å². The lowest BCUT2D eigenvalue weighted by Crippen LogP contribution is -2.05. The monoisotopic (exact) mass is 308 g/mol. The Labute approximate surface area is 114 Å². The molecular formula is C14H13BrO3. The van der Waals surface area contributed by atoms with E-state index in [4.69, 9.17) is 9.15 Å². The quantitative estimate of drug-likeness (QED) is 0.802. The number of hydrogen-bond acceptors (Lipinski definition) is 3. The SMILES string of the molecule is CCOc1ccc(C)cc1C(=O)c1ccc(Br)o1. The topological polar surface area (TPSA) is 39.4 Å². The van der Waals surface area contributed by atoms with E-state index in [1.54, 1.807) is 12.1 Å². The van der Waals surface area contributed by atoms with Gasteiger partial charge in [0.15, 0.2) is 10.4 Å². The summed E-state index contributed by atoms with van der Waals surface area (Å²) >= 11 is 3.19. The third-order valence-electron chi connectivity index (χ3n) is 2.48. The molecule has 0 saturated heterocycles. The van der Waals surface area contributed by atoms with Gasteiger partial charge in [-0.1, -0.05) is 11.6 Å². The highest BCUT2D eigenvalue weighted by Crippen LogP contribution is 2.25. The zero-order chi connectivity index (χ0) is 13.1. The molecule has 0 N–H and O–H groups in total. The molecule has 0 aliphatic heterocycles. The molecule has 4 heteroatoms. The molecule has 1 heterocycles. The molecule has 0 fully saturated rings. The summed E-state index contributed by atoms with van der Waals surface area (Å²) in [6, 6.07) is 8.88. The van der Waals surface area contributed by atoms with E-state index in [-0.39, 0.29) is 5.78 Å². The maximum Gasteiger partial charge on any atom is 0.231 e. The number of ether oxygens (including phenoxy) is 1. The second-order valence-electron chi connectivity index (χ2n) is 3.87. The average Bonchev–Trinajstić information content (AvgIpc) is 2.77. The highest BCUT2D eigenvalue weighted by molar-refractivity contribution is 9.10. The Hall–Kier alpha value is -1.55. The molecule has 0 unspecified atom stereocenters. The van der Waals surface area contributed by atoms with Gasteiger partial charge in [-0.15, -0.1) is 0 Å². The van der Waals surface area contributed by atoms with Gasteiger partial charge in [0, 0.05) is 0 Å². The molecule has 94 valence electrons. The van der Waals surface area contributed by atoms with Gasteiger partial charge in [-0.2, -0.15) is 0 Å². The molecular weight excluding hydrogens is 296 g/mol. The van der Waals surface area contributed by atoms with Crippen molar-refractivity contribution in [3.05, 3.63) is 51.9 Å². The Kier molecular flexibility index (Phi) is 3.87. The molecule has 0 aliphatic carbocycles. The highest BCUT2D eigenvalue weighted by atomic mass is 79.9. The minimum Gasteiger partial charge on any atom is -0.493 e. The molecule has 2 rings (SSSR count). The van der Waals surface area contributed by atoms with E-state index in [9.17, 15) is 4.79 Å². The minimum atomic E-state index is -0.173. The zero-order valence-electron chi connectivity index (χ0n) is 10.2. The molecule has 0 spiro atoms. The predicted molar refractivity (Wildman–Crippen MR) is 72.2 cm³/mol. The lowest BCUT2D eigenvalue weighted by atomic mass is 10.0. The minimum absolute atomic E-state index is 0.173. The molecule has 2 aromatic rings. The second-order valence-corrected chi connectivity index (χ2v) is 4.65. The van der Waals surface area contributed by atoms with E-state index in [1.807, 2.05) is 32.0 Å². The molecule has 0 amide bonds. The van der Waals surface area contributed by atoms with E-state index in [0.717, 1.165) is 5.56 Å². The maximum atomic E-state index is 12.3. The van der Waals surface area contributed by atoms with Crippen molar-refractivity contribution in [2.45, 2.75) is 13.8 Å². The Morgan fingerprint density at radius 3 is 2.72 bits per heavy atom. The smallest absolute Gasteiger partial charge is 0.231 e. The number of ketones is 1. The van der Waals surface area contributed by atoms with Crippen LogP contribution in [-0.4, -0.2) is 12.4 Å². The van der Waals surface area contributed by atoms with Crippen LogP contribution in [0.3, 0.4) is 0 Å². The third kappa shape index (κ3) is 2.64. The molecule has 0 bridgehead atoms. The van der Waals surface area contributed by atoms with Gasteiger partial charge in [0.1, 0.15) is 5.75 Å². The number of benzene rings is 1. The third-order valence-corrected chi connectivity index (χ3v) is 2.90. The van der Waals surface area contributed by atoms with Crippen LogP contribution in [0.4, 0.5) is 0 Å². The summed E-state index contributed by atoms with van der Waals surface area (Å²) in [5.41, 5.74) is 1.53. The molecule has 1 aromatic carbocycles. The van der Waals surface area contributed by atoms with Crippen LogP contribution in [0.2, 0.25) is 0 Å². The Morgan fingerprint density at radius 2 is 2.11 bits per heavy atom. The molecule has 0 atom stereocenters. The first-order valence-corrected chi connectivity index (χ1v) is 6.44. The second kappa shape index (κ2) is 5.40. The van der Waals surface area contributed by atoms with E-state index >= 15 is 0 Å². The standard InChI is InChI=1S/C14H13BrO3/c1-3-17-11-5-4-9(2)8-10(11)14(16)12-6-7-13(15)18-12/h4-8H,3H2,1-2H3. The predicted octanol–water partition coefficient (Wildman–Crippen LogP) is 3.98. The van der Waals surface area contributed by atoms with Crippen LogP contribution in [0.15, 0.2) is 39.4 Å². The fraction of sp³-hybridized carbons (Fsp3) is 0.214. The maximum absolute atomic E-state index is 12.3. The van der Waals surface area contributed by atoms with Crippen molar-refractivity contribution in [1.82, 2.24) is 0 Å². The van der Waals surface area contributed by atoms with Gasteiger partial charge in [0.25, 0.3) is 0 Å². The highest BCUT2D eigenvalue weighted by Gasteiger charge is 2.18. The normalized spacial score (nSPS) is 10.4. The summed E-state index contributed by atoms with van der Waals surface area (Å²) in [4.78, 5) is 12.3. The van der Waals surface area contributed by atoms with Crippen LogP contribution in [0.25, 0.3) is 0 Å². The van der Waals surface area contributed by atoms with Crippen molar-refractivity contribution in [2.24, 2.45) is 0 Å². The van der Waals surface area contributed by atoms with Crippen molar-refractivity contribution >= 4 is 21.7 Å². The number of furan rings is 1. The van der Waals surface area contributed by atoms with Gasteiger partial charge in [-0.25, -0.2) is 0 Å². The van der Waals surface area contributed by atoms with E-state index < -0.39 is 0 Å². The van der Waals surface area contributed by atoms with Crippen LogP contribution in [0.5, 0.6) is 5.75 Å². The number of aryl methyl sites for hydroxylation is 1. The zero-order valence-corrected chi connectivity index (χ0v) is 11.8. The summed E-state index contributed by atoms with van der Waals surface area (Å²) in [6.45, 7) is 4.34. The summed E-state index contributed by atoms with van der Waals surface area (Å²) in [5.74, 6) is 0.710. The first-order chi connectivity index (χ1) is 8.61. The average molecular weight is 309 g/mol. The number of carbonyl (C=O) groups excluding carboxylic acids is 1. The fourth-order valence-corrected chi connectivity index (χ4v) is 1.98. The van der Waals surface area contributed by atoms with Crippen LogP contribution in [0, 0.1) is 6.92 Å². The lowest BCUT2D eigenvalue weighted by molar-refractivity contribution is 0.100. The van der Waals surface area contributed by atoms with Gasteiger partial charge in [0.05, 0.1) is 12.2 Å². The lowest BCUT2D eigenvalue weighted by Gasteiger charge is -2.09. The number of carbonyl (C=O) groups is 1.